The Kier molecular flexibility index (Phi) is 14.9. The van der Waals surface area contributed by atoms with Gasteiger partial charge in [0.25, 0.3) is 11.8 Å². The Morgan fingerprint density at radius 1 is 0.905 bits per heavy atom. The molecule has 6 heterocycles. The summed E-state index contributed by atoms with van der Waals surface area (Å²) in [6, 6.07) is 23.2. The molecule has 5 aliphatic rings. The van der Waals surface area contributed by atoms with Crippen LogP contribution in [-0.4, -0.2) is 116 Å². The smallest absolute Gasteiger partial charge is 0.264 e. The number of anilines is 3. The number of fused-ring (bicyclic) bond motifs is 5. The van der Waals surface area contributed by atoms with Crippen molar-refractivity contribution in [2.75, 3.05) is 75.1 Å². The highest BCUT2D eigenvalue weighted by atomic mass is 35.5. The number of hydrogen-bond donors (Lipinski definition) is 2. The molecule has 2 amide bonds. The van der Waals surface area contributed by atoms with Crippen molar-refractivity contribution in [2.45, 2.75) is 69.1 Å². The summed E-state index contributed by atoms with van der Waals surface area (Å²) in [5.41, 5.74) is 6.16. The molecule has 1 spiro atoms. The number of carbonyl (C=O) groups is 2. The number of pyridine rings is 2. The van der Waals surface area contributed by atoms with Crippen LogP contribution in [0.2, 0.25) is 5.02 Å². The van der Waals surface area contributed by atoms with Crippen LogP contribution in [0.4, 0.5) is 17.3 Å². The van der Waals surface area contributed by atoms with E-state index in [9.17, 15) is 18.0 Å². The van der Waals surface area contributed by atoms with Gasteiger partial charge in [0, 0.05) is 105 Å². The first kappa shape index (κ1) is 51.2. The minimum absolute atomic E-state index is 0.0315. The number of carbonyl (C=O) groups excluding carboxylic acids is 2. The second kappa shape index (κ2) is 21.5. The number of ether oxygens (including phenoxy) is 2. The molecule has 388 valence electrons. The molecule has 6 unspecified atom stereocenters. The van der Waals surface area contributed by atoms with E-state index in [1.165, 1.54) is 11.1 Å². The molecule has 17 heteroatoms. The highest BCUT2D eigenvalue weighted by molar-refractivity contribution is 7.90. The van der Waals surface area contributed by atoms with E-state index < -0.39 is 21.2 Å². The molecule has 3 aromatic carbocycles. The Morgan fingerprint density at radius 3 is 2.50 bits per heavy atom. The van der Waals surface area contributed by atoms with Gasteiger partial charge in [0.2, 0.25) is 10.0 Å². The number of nitrogens with one attached hydrogen (secondary N) is 2. The molecule has 1 saturated heterocycles. The average Bonchev–Trinajstić information content (AvgIpc) is 3.78. The summed E-state index contributed by atoms with van der Waals surface area (Å²) in [5, 5.41) is 9.20. The third kappa shape index (κ3) is 10.9. The zero-order chi connectivity index (χ0) is 51.7. The second-order valence-corrected chi connectivity index (χ2v) is 23.5. The number of aryl methyl sites for hydroxylation is 2. The lowest BCUT2D eigenvalue weighted by Gasteiger charge is -2.46. The van der Waals surface area contributed by atoms with Crippen molar-refractivity contribution in [3.8, 4) is 16.9 Å². The summed E-state index contributed by atoms with van der Waals surface area (Å²) in [6.07, 6.45) is 17.2. The number of amides is 2. The molecule has 74 heavy (non-hydrogen) atoms. The number of benzene rings is 3. The molecule has 6 atom stereocenters. The third-order valence-electron chi connectivity index (χ3n) is 16.1. The Morgan fingerprint density at radius 2 is 1.73 bits per heavy atom. The Bertz CT molecular complexity index is 3190. The van der Waals surface area contributed by atoms with Crippen LogP contribution in [0, 0.1) is 17.8 Å². The summed E-state index contributed by atoms with van der Waals surface area (Å²) in [4.78, 5) is 42.0. The molecule has 15 nitrogen and oxygen atoms in total. The van der Waals surface area contributed by atoms with Gasteiger partial charge >= 0.3 is 0 Å². The molecule has 2 N–H and O–H groups in total. The number of halogens is 1. The van der Waals surface area contributed by atoms with Gasteiger partial charge in [-0.1, -0.05) is 48.9 Å². The zero-order valence-corrected chi connectivity index (χ0v) is 44.4. The van der Waals surface area contributed by atoms with Crippen LogP contribution >= 0.6 is 11.6 Å². The van der Waals surface area contributed by atoms with E-state index in [1.807, 2.05) is 68.8 Å². The molecule has 2 fully saturated rings. The molecule has 2 bridgehead atoms. The molecule has 1 saturated carbocycles. The quantitative estimate of drug-likeness (QED) is 0.158. The van der Waals surface area contributed by atoms with Crippen molar-refractivity contribution < 1.29 is 27.5 Å². The van der Waals surface area contributed by atoms with Crippen molar-refractivity contribution in [1.29, 1.82) is 0 Å². The lowest BCUT2D eigenvalue weighted by Crippen LogP contribution is -2.49. The summed E-state index contributed by atoms with van der Waals surface area (Å²) >= 11 is 6.40. The third-order valence-corrected chi connectivity index (χ3v) is 18.3. The summed E-state index contributed by atoms with van der Waals surface area (Å²) < 4.78 is 43.1. The fourth-order valence-electron chi connectivity index (χ4n) is 11.3. The normalized spacial score (nSPS) is 24.8. The predicted octanol–water partition coefficient (Wildman–Crippen LogP) is 8.93. The van der Waals surface area contributed by atoms with Crippen LogP contribution in [0.1, 0.15) is 77.8 Å². The van der Waals surface area contributed by atoms with Crippen molar-refractivity contribution in [3.05, 3.63) is 137 Å². The second-order valence-electron chi connectivity index (χ2n) is 21.0. The maximum Gasteiger partial charge on any atom is 0.264 e. The minimum Gasteiger partial charge on any atom is -0.490 e. The van der Waals surface area contributed by atoms with Crippen LogP contribution in [0.15, 0.2) is 110 Å². The topological polar surface area (TPSA) is 164 Å². The standard InChI is InChI=1S/C33H41ClN2O5S.C24H25N7O/c1-21-6-4-8-30(40-3)27-12-9-25(27)18-36-19-33(15-5-7-23-16-26(34)11-13-28(23)33)20-41-31-14-10-24(17-29(31)36)32(37)35-42(38,39)22(21)2;1-29-7-9-31(10-8-29)23-13-18(5-6-25-23)24(32)28-22-12-20-11-17(3-4-19(20)14-26-22)21-15-27-30(2)16-21/h4,8,10-11,13-14,16-17,21-22,25,27,30H,5-7,9,12,15,18-20H2,1-3H3,(H,35,37);3-6,11-16H,7-10H2,1-2H3,(H,26,28,32). The number of methoxy groups -OCH3 is 1. The first-order chi connectivity index (χ1) is 35.6. The maximum atomic E-state index is 13.4. The molecule has 3 aliphatic heterocycles. The van der Waals surface area contributed by atoms with E-state index in [1.54, 1.807) is 43.2 Å². The van der Waals surface area contributed by atoms with Crippen LogP contribution in [0.3, 0.4) is 0 Å². The van der Waals surface area contributed by atoms with Gasteiger partial charge in [-0.15, -0.1) is 0 Å². The van der Waals surface area contributed by atoms with E-state index in [2.05, 4.69) is 77.2 Å². The number of piperazine rings is 1. The van der Waals surface area contributed by atoms with Crippen LogP contribution in [0.5, 0.6) is 5.75 Å². The van der Waals surface area contributed by atoms with Gasteiger partial charge in [0.15, 0.2) is 0 Å². The number of hydrogen-bond acceptors (Lipinski definition) is 12. The summed E-state index contributed by atoms with van der Waals surface area (Å²) in [6.45, 7) is 9.41. The highest BCUT2D eigenvalue weighted by Crippen LogP contribution is 2.47. The number of allylic oxidation sites excluding steroid dienone is 1. The lowest BCUT2D eigenvalue weighted by molar-refractivity contribution is 0.0131. The van der Waals surface area contributed by atoms with Crippen LogP contribution in [-0.2, 0) is 33.6 Å². The van der Waals surface area contributed by atoms with Crippen molar-refractivity contribution in [3.63, 3.8) is 0 Å². The van der Waals surface area contributed by atoms with Gasteiger partial charge in [-0.2, -0.15) is 5.10 Å². The van der Waals surface area contributed by atoms with Crippen molar-refractivity contribution in [1.82, 2.24) is 29.4 Å². The van der Waals surface area contributed by atoms with Crippen LogP contribution in [0.25, 0.3) is 21.9 Å². The van der Waals surface area contributed by atoms with Gasteiger partial charge in [-0.3, -0.25) is 14.3 Å². The summed E-state index contributed by atoms with van der Waals surface area (Å²) in [5.74, 6) is 1.86. The fourth-order valence-corrected chi connectivity index (χ4v) is 12.8. The molecular weight excluding hydrogens is 974 g/mol. The fraction of sp³-hybridized carbons (Fsp3) is 0.421. The number of nitrogens with zero attached hydrogens (tertiary/aromatic N) is 7. The first-order valence-electron chi connectivity index (χ1n) is 25.8. The SMILES string of the molecule is CN1CCN(c2cc(C(=O)Nc3cc4cc(-c5cnn(C)c5)ccc4cn3)ccn2)CC1.COC1C=CCC(C)C(C)S(=O)(=O)NC(=O)c2ccc3c(c2)N(CC2CCC21)CC1(CCCc2cc(Cl)ccc21)CO3. The molecular formula is C57H66ClN9O6S. The molecule has 11 rings (SSSR count). The predicted molar refractivity (Wildman–Crippen MR) is 292 cm³/mol. The van der Waals surface area contributed by atoms with E-state index in [0.717, 1.165) is 116 Å². The lowest BCUT2D eigenvalue weighted by atomic mass is 9.68. The van der Waals surface area contributed by atoms with Crippen molar-refractivity contribution >= 4 is 61.5 Å². The molecule has 6 aromatic rings. The molecule has 2 aliphatic carbocycles. The summed E-state index contributed by atoms with van der Waals surface area (Å²) in [7, 11) is 1.89. The van der Waals surface area contributed by atoms with Gasteiger partial charge < -0.3 is 29.5 Å². The van der Waals surface area contributed by atoms with E-state index >= 15 is 0 Å². The molecule has 0 radical (unpaired) electrons. The van der Waals surface area contributed by atoms with E-state index in [4.69, 9.17) is 21.1 Å². The van der Waals surface area contributed by atoms with Gasteiger partial charge in [0.05, 0.1) is 29.8 Å². The monoisotopic (exact) mass is 1040 g/mol. The maximum absolute atomic E-state index is 13.4. The molecule has 3 aromatic heterocycles. The minimum atomic E-state index is -3.88. The number of rotatable bonds is 5. The Balaban J connectivity index is 0.000000175. The van der Waals surface area contributed by atoms with Crippen LogP contribution < -0.4 is 24.6 Å². The highest BCUT2D eigenvalue weighted by Gasteiger charge is 2.44. The first-order valence-corrected chi connectivity index (χ1v) is 27.7. The largest absolute Gasteiger partial charge is 0.490 e. The van der Waals surface area contributed by atoms with Gasteiger partial charge in [-0.05, 0) is 147 Å². The van der Waals surface area contributed by atoms with Gasteiger partial charge in [0.1, 0.15) is 17.4 Å². The van der Waals surface area contributed by atoms with E-state index in [0.29, 0.717) is 41.8 Å². The Hall–Kier alpha value is -6.33. The zero-order valence-electron chi connectivity index (χ0n) is 42.8. The number of sulfonamides is 1. The number of aromatic nitrogens is 4. The van der Waals surface area contributed by atoms with Gasteiger partial charge in [-0.25, -0.2) is 23.1 Å². The van der Waals surface area contributed by atoms with E-state index in [-0.39, 0.29) is 23.3 Å². The number of likely N-dealkylation sites (N-methyl/N-ethyl adjacent to an activating group) is 1. The average molecular weight is 1040 g/mol. The van der Waals surface area contributed by atoms with Crippen molar-refractivity contribution in [2.24, 2.45) is 24.8 Å². The Labute approximate surface area is 439 Å².